The number of thiophene rings is 1. The summed E-state index contributed by atoms with van der Waals surface area (Å²) in [7, 11) is 0. The van der Waals surface area contributed by atoms with Crippen molar-refractivity contribution in [3.8, 4) is 0 Å². The van der Waals surface area contributed by atoms with Crippen molar-refractivity contribution in [3.05, 3.63) is 224 Å². The summed E-state index contributed by atoms with van der Waals surface area (Å²) in [5, 5.41) is 1.64. The van der Waals surface area contributed by atoms with Crippen molar-refractivity contribution in [3.63, 3.8) is 0 Å². The van der Waals surface area contributed by atoms with E-state index in [1.807, 2.05) is 0 Å². The quantitative estimate of drug-likeness (QED) is 0.176. The van der Waals surface area contributed by atoms with Gasteiger partial charge >= 0.3 is 0 Å². The lowest BCUT2D eigenvalue weighted by Gasteiger charge is -2.60. The highest BCUT2D eigenvalue weighted by Gasteiger charge is 2.57. The van der Waals surface area contributed by atoms with Crippen LogP contribution in [0.2, 0.25) is 0 Å². The first-order chi connectivity index (χ1) is 34.0. The number of allylic oxidation sites excluding steroid dienone is 12. The van der Waals surface area contributed by atoms with Crippen molar-refractivity contribution in [1.82, 2.24) is 0 Å². The molecule has 6 aromatic rings. The molecule has 7 atom stereocenters. The minimum atomic E-state index is -1.04. The molecule has 70 heavy (non-hydrogen) atoms. The molecular formula is C66H64N2S2. The maximum absolute atomic E-state index is 2.98. The van der Waals surface area contributed by atoms with Gasteiger partial charge in [-0.3, -0.25) is 4.31 Å². The smallest absolute Gasteiger partial charge is 0.0726 e. The Balaban J connectivity index is 1.13. The Labute approximate surface area is 422 Å². The molecule has 14 rings (SSSR count). The van der Waals surface area contributed by atoms with Crippen LogP contribution < -0.4 is 9.21 Å². The topological polar surface area (TPSA) is 6.48 Å². The zero-order valence-electron chi connectivity index (χ0n) is 41.8. The number of fused-ring (bicyclic) bond motifs is 11. The highest BCUT2D eigenvalue weighted by atomic mass is 32.2. The normalized spacial score (nSPS) is 28.6. The Hall–Kier alpha value is -5.81. The number of hydrogen-bond acceptors (Lipinski definition) is 3. The molecular weight excluding hydrogens is 885 g/mol. The van der Waals surface area contributed by atoms with Crippen LogP contribution in [0.4, 0.5) is 22.7 Å². The highest BCUT2D eigenvalue weighted by Crippen LogP contribution is 2.73. The van der Waals surface area contributed by atoms with Gasteiger partial charge in [-0.15, -0.1) is 22.4 Å². The lowest BCUT2D eigenvalue weighted by molar-refractivity contribution is 0.332. The molecule has 5 aromatic carbocycles. The maximum atomic E-state index is 2.98. The van der Waals surface area contributed by atoms with E-state index >= 15 is 0 Å². The van der Waals surface area contributed by atoms with Gasteiger partial charge in [-0.2, -0.15) is 0 Å². The van der Waals surface area contributed by atoms with Gasteiger partial charge in [-0.25, -0.2) is 0 Å². The van der Waals surface area contributed by atoms with E-state index < -0.39 is 16.5 Å². The highest BCUT2D eigenvalue weighted by molar-refractivity contribution is 8.19. The van der Waals surface area contributed by atoms with Crippen LogP contribution in [0, 0.1) is 17.8 Å². The molecule has 3 aliphatic heterocycles. The molecule has 4 heterocycles. The van der Waals surface area contributed by atoms with E-state index in [-0.39, 0.29) is 27.9 Å². The molecule has 4 heteroatoms. The number of thiol groups is 1. The van der Waals surface area contributed by atoms with E-state index in [0.29, 0.717) is 11.8 Å². The zero-order valence-corrected chi connectivity index (χ0v) is 43.5. The van der Waals surface area contributed by atoms with E-state index in [1.54, 1.807) is 4.88 Å². The Bertz CT molecular complexity index is 3460. The summed E-state index contributed by atoms with van der Waals surface area (Å²) in [6.07, 6.45) is 30.4. The molecule has 0 spiro atoms. The molecule has 1 aromatic heterocycles. The van der Waals surface area contributed by atoms with Crippen molar-refractivity contribution in [2.24, 2.45) is 17.8 Å². The summed E-state index contributed by atoms with van der Waals surface area (Å²) in [6, 6.07) is 41.5. The maximum Gasteiger partial charge on any atom is 0.0726 e. The number of anilines is 4. The van der Waals surface area contributed by atoms with Crippen LogP contribution in [-0.2, 0) is 22.7 Å². The van der Waals surface area contributed by atoms with Gasteiger partial charge < -0.3 is 4.90 Å². The van der Waals surface area contributed by atoms with Crippen LogP contribution >= 0.6 is 22.4 Å². The van der Waals surface area contributed by atoms with Gasteiger partial charge in [-0.05, 0) is 143 Å². The number of hydrogen-bond donors (Lipinski definition) is 1. The van der Waals surface area contributed by atoms with E-state index in [4.69, 9.17) is 0 Å². The number of rotatable bonds is 4. The van der Waals surface area contributed by atoms with Gasteiger partial charge in [0.2, 0.25) is 0 Å². The van der Waals surface area contributed by atoms with Crippen LogP contribution in [0.3, 0.4) is 0 Å². The predicted molar refractivity (Wildman–Crippen MR) is 301 cm³/mol. The summed E-state index contributed by atoms with van der Waals surface area (Å²) in [5.74, 6) is 1.12. The molecule has 350 valence electrons. The average Bonchev–Trinajstić information content (AvgIpc) is 3.76. The largest absolute Gasteiger partial charge is 0.311 e. The molecule has 0 amide bonds. The van der Waals surface area contributed by atoms with Crippen molar-refractivity contribution in [2.75, 3.05) is 9.21 Å². The van der Waals surface area contributed by atoms with Gasteiger partial charge in [-0.1, -0.05) is 179 Å². The van der Waals surface area contributed by atoms with Crippen LogP contribution in [0.15, 0.2) is 185 Å². The molecule has 7 unspecified atom stereocenters. The fraction of sp³-hybridized carbons (Fsp3) is 0.303. The van der Waals surface area contributed by atoms with Gasteiger partial charge in [0.1, 0.15) is 0 Å². The SMILES string of the molecule is CC1=CC(C)C(C2=CC3c4ccc5c6c(sc5c4N(c4ccc5c(c4)C(C)(C)CCC5(C)C)[SH]4c5cccc7c5N(C(=C2)C34)c2ccccc2C7(c2ccccc2)C2C=CC=CC2)CCC=C6)C(C)=C1. The fourth-order valence-electron chi connectivity index (χ4n) is 15.0. The van der Waals surface area contributed by atoms with E-state index in [0.717, 1.165) is 19.3 Å². The molecule has 0 radical (unpaired) electrons. The Morgan fingerprint density at radius 1 is 0.729 bits per heavy atom. The van der Waals surface area contributed by atoms with Crippen LogP contribution in [0.25, 0.3) is 16.2 Å². The summed E-state index contributed by atoms with van der Waals surface area (Å²) in [4.78, 5) is 5.86. The summed E-state index contributed by atoms with van der Waals surface area (Å²) in [5.41, 5.74) is 21.3. The Kier molecular flexibility index (Phi) is 9.43. The van der Waals surface area contributed by atoms with Crippen LogP contribution in [0.5, 0.6) is 0 Å². The Morgan fingerprint density at radius 2 is 1.53 bits per heavy atom. The second-order valence-electron chi connectivity index (χ2n) is 23.1. The molecule has 0 fully saturated rings. The lowest BCUT2D eigenvalue weighted by Crippen LogP contribution is -2.49. The second kappa shape index (κ2) is 15.3. The number of para-hydroxylation sites is 2. The summed E-state index contributed by atoms with van der Waals surface area (Å²) < 4.78 is 4.45. The van der Waals surface area contributed by atoms with Gasteiger partial charge in [0.15, 0.2) is 0 Å². The number of aryl methyl sites for hydroxylation is 1. The minimum Gasteiger partial charge on any atom is -0.311 e. The van der Waals surface area contributed by atoms with E-state index in [2.05, 4.69) is 233 Å². The average molecular weight is 949 g/mol. The molecule has 2 nitrogen and oxygen atoms in total. The summed E-state index contributed by atoms with van der Waals surface area (Å²) >= 11 is 1.04. The first-order valence-electron chi connectivity index (χ1n) is 26.2. The third kappa shape index (κ3) is 5.87. The van der Waals surface area contributed by atoms with E-state index in [9.17, 15) is 0 Å². The van der Waals surface area contributed by atoms with E-state index in [1.165, 1.54) is 112 Å². The first kappa shape index (κ1) is 43.0. The number of benzene rings is 5. The van der Waals surface area contributed by atoms with Crippen molar-refractivity contribution in [1.29, 1.82) is 0 Å². The lowest BCUT2D eigenvalue weighted by atomic mass is 9.58. The van der Waals surface area contributed by atoms with Crippen molar-refractivity contribution in [2.45, 2.75) is 113 Å². The molecule has 5 aliphatic carbocycles. The molecule has 0 saturated carbocycles. The molecule has 0 bridgehead atoms. The Morgan fingerprint density at radius 3 is 2.34 bits per heavy atom. The molecule has 8 aliphatic rings. The second-order valence-corrected chi connectivity index (χ2v) is 26.3. The fourth-order valence-corrected chi connectivity index (χ4v) is 19.6. The third-order valence-electron chi connectivity index (χ3n) is 18.1. The minimum absolute atomic E-state index is 0.0761. The van der Waals surface area contributed by atoms with Crippen LogP contribution in [0.1, 0.15) is 124 Å². The standard InChI is InChI=1S/C66H64N2S2/c1-40-35-41(2)59(42(3)36-40)43-37-50-48-30-31-49-47-23-14-17-27-57(47)69-62(49)60(48)68(46-29-32-51-54(39-46)65(6,7)34-33-64(51,4)5)70-58-28-18-25-53-61(58)67(56(38-43)63(50)70)55-26-16-15-24-52(55)66(53,44-19-10-8-11-20-44)45-21-12-9-13-22-45/h8-16,18-21,23-26,28-32,35-39,41,45,50,59,63,70H,17,22,27,33-34H2,1-7H3. The predicted octanol–water partition coefficient (Wildman–Crippen LogP) is 17.7. The zero-order chi connectivity index (χ0) is 47.4. The van der Waals surface area contributed by atoms with Gasteiger partial charge in [0, 0.05) is 32.7 Å². The van der Waals surface area contributed by atoms with Gasteiger partial charge in [0.25, 0.3) is 0 Å². The number of nitrogens with zero attached hydrogens (tertiary/aromatic N) is 2. The van der Waals surface area contributed by atoms with Gasteiger partial charge in [0.05, 0.1) is 38.1 Å². The van der Waals surface area contributed by atoms with Crippen molar-refractivity contribution >= 4 is 61.3 Å². The van der Waals surface area contributed by atoms with Crippen molar-refractivity contribution < 1.29 is 0 Å². The summed E-state index contributed by atoms with van der Waals surface area (Å²) in [6.45, 7) is 17.1. The first-order valence-corrected chi connectivity index (χ1v) is 28.3. The molecule has 0 saturated heterocycles. The third-order valence-corrected chi connectivity index (χ3v) is 22.2. The van der Waals surface area contributed by atoms with Crippen LogP contribution in [-0.4, -0.2) is 5.25 Å². The monoisotopic (exact) mass is 948 g/mol. The molecule has 0 N–H and O–H groups in total.